The van der Waals surface area contributed by atoms with Gasteiger partial charge in [0.25, 0.3) is 5.69 Å². The summed E-state index contributed by atoms with van der Waals surface area (Å²) in [5.41, 5.74) is 4.67. The summed E-state index contributed by atoms with van der Waals surface area (Å²) < 4.78 is 10.9. The highest BCUT2D eigenvalue weighted by atomic mass is 16.6. The molecule has 13 heteroatoms. The van der Waals surface area contributed by atoms with Gasteiger partial charge in [-0.15, -0.1) is 0 Å². The minimum Gasteiger partial charge on any atom is -0.423 e. The highest BCUT2D eigenvalue weighted by Gasteiger charge is 2.25. The van der Waals surface area contributed by atoms with Gasteiger partial charge < -0.3 is 9.47 Å². The lowest BCUT2D eigenvalue weighted by Crippen LogP contribution is -2.14. The van der Waals surface area contributed by atoms with E-state index in [2.05, 4.69) is 30.4 Å². The summed E-state index contributed by atoms with van der Waals surface area (Å²) in [6.07, 6.45) is 3.29. The lowest BCUT2D eigenvalue weighted by molar-refractivity contribution is -0.385. The summed E-state index contributed by atoms with van der Waals surface area (Å²) in [7, 11) is 0. The van der Waals surface area contributed by atoms with E-state index in [0.717, 1.165) is 34.6 Å². The molecule has 59 heavy (non-hydrogen) atoms. The average molecular weight is 778 g/mol. The van der Waals surface area contributed by atoms with Gasteiger partial charge in [-0.3, -0.25) is 20.1 Å². The maximum atomic E-state index is 13.0. The Bertz CT molecular complexity index is 2680. The molecule has 0 radical (unpaired) electrons. The Morgan fingerprint density at radius 1 is 0.458 bits per heavy atom. The van der Waals surface area contributed by atoms with Gasteiger partial charge in [0.05, 0.1) is 44.6 Å². The predicted molar refractivity (Wildman–Crippen MR) is 225 cm³/mol. The Kier molecular flexibility index (Phi) is 12.4. The number of nitrogens with zero attached hydrogens (tertiary/aromatic N) is 7. The smallest absolute Gasteiger partial charge is 0.350 e. The number of aliphatic imine (C=N–C) groups is 2. The lowest BCUT2D eigenvalue weighted by atomic mass is 10.1. The average Bonchev–Trinajstić information content (AvgIpc) is 3.28. The van der Waals surface area contributed by atoms with Crippen molar-refractivity contribution in [2.45, 2.75) is 0 Å². The van der Waals surface area contributed by atoms with Gasteiger partial charge in [-0.05, 0) is 145 Å². The molecule has 0 amide bonds. The molecule has 0 aliphatic carbocycles. The number of nitro groups is 1. The molecule has 0 aliphatic rings. The molecule has 0 aromatic heterocycles. The number of carbonyl (C=O) groups excluding carboxylic acids is 2. The van der Waals surface area contributed by atoms with Crippen molar-refractivity contribution >= 4 is 64.2 Å². The maximum absolute atomic E-state index is 13.0. The van der Waals surface area contributed by atoms with Crippen molar-refractivity contribution in [2.75, 3.05) is 0 Å². The normalized spacial score (nSPS) is 11.4. The second kappa shape index (κ2) is 18.8. The first-order chi connectivity index (χ1) is 28.8. The molecule has 0 bridgehead atoms. The Morgan fingerprint density at radius 2 is 0.847 bits per heavy atom. The fourth-order valence-electron chi connectivity index (χ4n) is 5.28. The van der Waals surface area contributed by atoms with Crippen molar-refractivity contribution < 1.29 is 24.0 Å². The molecule has 0 aliphatic heterocycles. The Morgan fingerprint density at radius 3 is 1.27 bits per heavy atom. The Hall–Kier alpha value is -8.58. The quantitative estimate of drug-likeness (QED) is 0.0282. The number of azo groups is 2. The zero-order valence-corrected chi connectivity index (χ0v) is 31.0. The van der Waals surface area contributed by atoms with E-state index in [1.54, 1.807) is 73.1 Å². The summed E-state index contributed by atoms with van der Waals surface area (Å²) in [4.78, 5) is 46.1. The molecule has 7 rings (SSSR count). The van der Waals surface area contributed by atoms with Crippen LogP contribution in [0.15, 0.2) is 206 Å². The monoisotopic (exact) mass is 777 g/mol. The summed E-state index contributed by atoms with van der Waals surface area (Å²) in [5, 5.41) is 28.8. The van der Waals surface area contributed by atoms with Crippen LogP contribution in [0.4, 0.5) is 39.8 Å². The number of benzene rings is 7. The molecule has 0 saturated carbocycles. The predicted octanol–water partition coefficient (Wildman–Crippen LogP) is 12.4. The van der Waals surface area contributed by atoms with E-state index >= 15 is 0 Å². The van der Waals surface area contributed by atoms with Crippen LogP contribution in [0.1, 0.15) is 31.8 Å². The molecule has 0 unspecified atom stereocenters. The highest BCUT2D eigenvalue weighted by molar-refractivity contribution is 5.99. The lowest BCUT2D eigenvalue weighted by Gasteiger charge is -2.08. The molecular weight excluding hydrogens is 747 g/mol. The molecule has 0 N–H and O–H groups in total. The number of hydrogen-bond acceptors (Lipinski definition) is 12. The fourth-order valence-corrected chi connectivity index (χ4v) is 5.28. The van der Waals surface area contributed by atoms with E-state index in [9.17, 15) is 19.7 Å². The van der Waals surface area contributed by atoms with Crippen LogP contribution in [0.5, 0.6) is 11.5 Å². The van der Waals surface area contributed by atoms with Gasteiger partial charge in [0.1, 0.15) is 17.1 Å². The summed E-state index contributed by atoms with van der Waals surface area (Å²) in [6.45, 7) is 0. The largest absolute Gasteiger partial charge is 0.423 e. The van der Waals surface area contributed by atoms with E-state index in [-0.39, 0.29) is 22.6 Å². The maximum Gasteiger partial charge on any atom is 0.350 e. The molecule has 7 aromatic carbocycles. The number of rotatable bonds is 13. The van der Waals surface area contributed by atoms with Crippen molar-refractivity contribution in [3.05, 3.63) is 208 Å². The zero-order chi connectivity index (χ0) is 40.8. The van der Waals surface area contributed by atoms with Crippen LogP contribution in [0.3, 0.4) is 0 Å². The zero-order valence-electron chi connectivity index (χ0n) is 31.0. The van der Waals surface area contributed by atoms with Gasteiger partial charge in [0.15, 0.2) is 0 Å². The molecule has 0 fully saturated rings. The number of carbonyl (C=O) groups is 2. The first-order valence-corrected chi connectivity index (χ1v) is 18.0. The molecule has 286 valence electrons. The van der Waals surface area contributed by atoms with Gasteiger partial charge in [0, 0.05) is 18.5 Å². The first-order valence-electron chi connectivity index (χ1n) is 18.0. The van der Waals surface area contributed by atoms with Crippen LogP contribution in [0, 0.1) is 10.1 Å². The highest BCUT2D eigenvalue weighted by Crippen LogP contribution is 2.26. The van der Waals surface area contributed by atoms with Crippen molar-refractivity contribution in [1.29, 1.82) is 0 Å². The van der Waals surface area contributed by atoms with Crippen molar-refractivity contribution in [2.24, 2.45) is 30.4 Å². The summed E-state index contributed by atoms with van der Waals surface area (Å²) in [5.74, 6) is -1.45. The van der Waals surface area contributed by atoms with Crippen LogP contribution >= 0.6 is 0 Å². The molecule has 7 aromatic rings. The summed E-state index contributed by atoms with van der Waals surface area (Å²) >= 11 is 0. The van der Waals surface area contributed by atoms with Crippen molar-refractivity contribution in [3.63, 3.8) is 0 Å². The van der Waals surface area contributed by atoms with Gasteiger partial charge in [-0.2, -0.15) is 20.5 Å². The van der Waals surface area contributed by atoms with E-state index in [0.29, 0.717) is 22.7 Å². The number of nitro benzene ring substituents is 1. The SMILES string of the molecule is O=C(Oc1ccc(C=Nc2ccc(N=Nc3ccccc3)cc2)cc1)c1ccc(C(=O)Oc2ccc(C=Nc3ccc(N=Nc4ccccc4)cc3)cc2)c([N+](=O)[O-])c1. The minimum atomic E-state index is -0.968. The van der Waals surface area contributed by atoms with Crippen LogP contribution in [0.25, 0.3) is 0 Å². The number of ether oxygens (including phenoxy) is 2. The van der Waals surface area contributed by atoms with Gasteiger partial charge in [-0.1, -0.05) is 36.4 Å². The van der Waals surface area contributed by atoms with Crippen LogP contribution in [-0.2, 0) is 0 Å². The molecule has 0 spiro atoms. The molecular formula is C46H31N7O6. The van der Waals surface area contributed by atoms with Gasteiger partial charge in [-0.25, -0.2) is 9.59 Å². The van der Waals surface area contributed by atoms with Gasteiger partial charge in [0.2, 0.25) is 0 Å². The third-order valence-corrected chi connectivity index (χ3v) is 8.33. The Labute approximate surface area is 337 Å². The van der Waals surface area contributed by atoms with Gasteiger partial charge >= 0.3 is 11.9 Å². The third kappa shape index (κ3) is 11.0. The van der Waals surface area contributed by atoms with E-state index < -0.39 is 22.5 Å². The van der Waals surface area contributed by atoms with E-state index in [1.165, 1.54) is 6.07 Å². The van der Waals surface area contributed by atoms with Crippen molar-refractivity contribution in [1.82, 2.24) is 0 Å². The topological polar surface area (TPSA) is 170 Å². The molecule has 0 heterocycles. The second-order valence-corrected chi connectivity index (χ2v) is 12.5. The first kappa shape index (κ1) is 38.7. The minimum absolute atomic E-state index is 0.125. The fraction of sp³-hybridized carbons (Fsp3) is 0. The van der Waals surface area contributed by atoms with E-state index in [4.69, 9.17) is 9.47 Å². The second-order valence-electron chi connectivity index (χ2n) is 12.5. The van der Waals surface area contributed by atoms with E-state index in [1.807, 2.05) is 97.1 Å². The van der Waals surface area contributed by atoms with Crippen molar-refractivity contribution in [3.8, 4) is 11.5 Å². The Balaban J connectivity index is 0.916. The van der Waals surface area contributed by atoms with Crippen LogP contribution in [-0.4, -0.2) is 29.3 Å². The third-order valence-electron chi connectivity index (χ3n) is 8.33. The number of hydrogen-bond donors (Lipinski definition) is 0. The standard InChI is InChI=1S/C46H31N7O6/c54-45(58-41-24-11-32(12-25-41)30-47-35-16-20-39(21-17-35)51-49-37-7-3-1-4-8-37)34-15-28-43(44(29-34)53(56)57)46(55)59-42-26-13-33(14-27-42)31-48-36-18-22-40(23-19-36)52-50-38-9-5-2-6-10-38/h1-31H. The molecule has 0 atom stereocenters. The number of esters is 2. The van der Waals surface area contributed by atoms with Crippen LogP contribution in [0.2, 0.25) is 0 Å². The molecule has 13 nitrogen and oxygen atoms in total. The summed E-state index contributed by atoms with van der Waals surface area (Å²) in [6, 6.07) is 49.7. The molecule has 0 saturated heterocycles. The van der Waals surface area contributed by atoms with Crippen LogP contribution < -0.4 is 9.47 Å².